The summed E-state index contributed by atoms with van der Waals surface area (Å²) in [6.45, 7) is 8.94. The van der Waals surface area contributed by atoms with E-state index in [1.54, 1.807) is 0 Å². The Morgan fingerprint density at radius 2 is 1.91 bits per heavy atom. The fourth-order valence-corrected chi connectivity index (χ4v) is 4.55. The topological polar surface area (TPSA) is 32.8 Å². The SMILES string of the molecule is CC1(C)C[C@H](CN2CCN(C3CCCCC3)C(=O)C2)CCO1. The van der Waals surface area contributed by atoms with Crippen molar-refractivity contribution in [3.05, 3.63) is 0 Å². The van der Waals surface area contributed by atoms with Crippen LogP contribution in [0.4, 0.5) is 0 Å². The van der Waals surface area contributed by atoms with Crippen molar-refractivity contribution in [1.29, 1.82) is 0 Å². The van der Waals surface area contributed by atoms with Gasteiger partial charge in [0.25, 0.3) is 0 Å². The van der Waals surface area contributed by atoms with Gasteiger partial charge in [0.2, 0.25) is 5.91 Å². The van der Waals surface area contributed by atoms with Gasteiger partial charge in [-0.2, -0.15) is 0 Å². The highest BCUT2D eigenvalue weighted by atomic mass is 16.5. The van der Waals surface area contributed by atoms with Gasteiger partial charge in [-0.3, -0.25) is 9.69 Å². The monoisotopic (exact) mass is 308 g/mol. The van der Waals surface area contributed by atoms with E-state index in [1.165, 1.54) is 32.1 Å². The maximum absolute atomic E-state index is 12.5. The molecule has 2 aliphatic heterocycles. The van der Waals surface area contributed by atoms with Gasteiger partial charge in [-0.1, -0.05) is 19.3 Å². The van der Waals surface area contributed by atoms with Gasteiger partial charge in [-0.25, -0.2) is 0 Å². The molecule has 0 spiro atoms. The van der Waals surface area contributed by atoms with Crippen LogP contribution < -0.4 is 0 Å². The minimum Gasteiger partial charge on any atom is -0.376 e. The number of ether oxygens (including phenoxy) is 1. The molecule has 0 bridgehead atoms. The number of piperazine rings is 1. The molecule has 1 aliphatic carbocycles. The van der Waals surface area contributed by atoms with Gasteiger partial charge in [-0.05, 0) is 45.4 Å². The molecule has 3 aliphatic rings. The molecule has 0 N–H and O–H groups in total. The lowest BCUT2D eigenvalue weighted by Gasteiger charge is -2.43. The van der Waals surface area contributed by atoms with Gasteiger partial charge in [0.05, 0.1) is 12.1 Å². The zero-order chi connectivity index (χ0) is 15.6. The minimum atomic E-state index is 0.0108. The summed E-state index contributed by atoms with van der Waals surface area (Å²) in [5.74, 6) is 1.04. The molecule has 2 heterocycles. The Balaban J connectivity index is 1.48. The van der Waals surface area contributed by atoms with Crippen molar-refractivity contribution in [1.82, 2.24) is 9.80 Å². The van der Waals surface area contributed by atoms with Crippen LogP contribution in [0.15, 0.2) is 0 Å². The predicted molar refractivity (Wildman–Crippen MR) is 87.8 cm³/mol. The molecule has 126 valence electrons. The summed E-state index contributed by atoms with van der Waals surface area (Å²) >= 11 is 0. The van der Waals surface area contributed by atoms with E-state index >= 15 is 0 Å². The highest BCUT2D eigenvalue weighted by Gasteiger charge is 2.34. The number of carbonyl (C=O) groups is 1. The molecular weight excluding hydrogens is 276 g/mol. The van der Waals surface area contributed by atoms with Crippen molar-refractivity contribution in [2.24, 2.45) is 5.92 Å². The first kappa shape index (κ1) is 16.3. The molecular formula is C18H32N2O2. The summed E-state index contributed by atoms with van der Waals surface area (Å²) in [4.78, 5) is 17.1. The fourth-order valence-electron chi connectivity index (χ4n) is 4.55. The van der Waals surface area contributed by atoms with Crippen LogP contribution in [-0.2, 0) is 9.53 Å². The summed E-state index contributed by atoms with van der Waals surface area (Å²) in [5, 5.41) is 0. The molecule has 0 aromatic rings. The molecule has 3 rings (SSSR count). The maximum Gasteiger partial charge on any atom is 0.237 e. The highest BCUT2D eigenvalue weighted by Crippen LogP contribution is 2.30. The third kappa shape index (κ3) is 4.02. The van der Waals surface area contributed by atoms with E-state index in [1.807, 2.05) is 0 Å². The summed E-state index contributed by atoms with van der Waals surface area (Å²) in [6.07, 6.45) is 8.65. The summed E-state index contributed by atoms with van der Waals surface area (Å²) in [5.41, 5.74) is 0.0108. The molecule has 0 aromatic heterocycles. The standard InChI is InChI=1S/C18H32N2O2/c1-18(2)12-15(8-11-22-18)13-19-9-10-20(17(21)14-19)16-6-4-3-5-7-16/h15-16H,3-14H2,1-2H3/t15-/m1/s1. The average molecular weight is 308 g/mol. The van der Waals surface area contributed by atoms with Gasteiger partial charge in [0, 0.05) is 32.3 Å². The van der Waals surface area contributed by atoms with Crippen LogP contribution >= 0.6 is 0 Å². The molecule has 4 nitrogen and oxygen atoms in total. The first-order valence-electron chi connectivity index (χ1n) is 9.19. The van der Waals surface area contributed by atoms with E-state index in [9.17, 15) is 4.79 Å². The van der Waals surface area contributed by atoms with Crippen molar-refractivity contribution in [2.45, 2.75) is 70.4 Å². The zero-order valence-corrected chi connectivity index (χ0v) is 14.4. The Labute approximate surface area is 135 Å². The van der Waals surface area contributed by atoms with Gasteiger partial charge < -0.3 is 9.64 Å². The smallest absolute Gasteiger partial charge is 0.237 e. The Kier molecular flexibility index (Phi) is 5.08. The second-order valence-corrected chi connectivity index (χ2v) is 8.08. The van der Waals surface area contributed by atoms with Crippen LogP contribution in [0.3, 0.4) is 0 Å². The molecule has 0 unspecified atom stereocenters. The molecule has 3 fully saturated rings. The van der Waals surface area contributed by atoms with Crippen LogP contribution in [0, 0.1) is 5.92 Å². The van der Waals surface area contributed by atoms with E-state index < -0.39 is 0 Å². The van der Waals surface area contributed by atoms with Gasteiger partial charge >= 0.3 is 0 Å². The lowest BCUT2D eigenvalue weighted by Crippen LogP contribution is -2.55. The van der Waals surface area contributed by atoms with Crippen LogP contribution in [0.5, 0.6) is 0 Å². The second-order valence-electron chi connectivity index (χ2n) is 8.08. The Bertz CT molecular complexity index is 391. The van der Waals surface area contributed by atoms with Crippen LogP contribution in [0.25, 0.3) is 0 Å². The molecule has 0 radical (unpaired) electrons. The molecule has 0 aromatic carbocycles. The lowest BCUT2D eigenvalue weighted by atomic mass is 9.88. The summed E-state index contributed by atoms with van der Waals surface area (Å²) in [6, 6.07) is 0.533. The van der Waals surface area contributed by atoms with E-state index in [0.29, 0.717) is 24.4 Å². The van der Waals surface area contributed by atoms with E-state index in [2.05, 4.69) is 23.6 Å². The number of amides is 1. The molecule has 22 heavy (non-hydrogen) atoms. The minimum absolute atomic E-state index is 0.0108. The van der Waals surface area contributed by atoms with Crippen molar-refractivity contribution in [2.75, 3.05) is 32.8 Å². The van der Waals surface area contributed by atoms with Gasteiger partial charge in [0.1, 0.15) is 0 Å². The van der Waals surface area contributed by atoms with E-state index in [4.69, 9.17) is 4.74 Å². The summed E-state index contributed by atoms with van der Waals surface area (Å²) < 4.78 is 5.81. The quantitative estimate of drug-likeness (QED) is 0.803. The Morgan fingerprint density at radius 3 is 2.59 bits per heavy atom. The third-order valence-electron chi connectivity index (χ3n) is 5.67. The number of nitrogens with zero attached hydrogens (tertiary/aromatic N) is 2. The lowest BCUT2D eigenvalue weighted by molar-refractivity contribution is -0.140. The average Bonchev–Trinajstić information content (AvgIpc) is 2.47. The van der Waals surface area contributed by atoms with Crippen LogP contribution in [0.2, 0.25) is 0 Å². The number of rotatable bonds is 3. The molecule has 2 saturated heterocycles. The molecule has 1 amide bonds. The Hall–Kier alpha value is -0.610. The Morgan fingerprint density at radius 1 is 1.14 bits per heavy atom. The van der Waals surface area contributed by atoms with Crippen molar-refractivity contribution < 1.29 is 9.53 Å². The van der Waals surface area contributed by atoms with Crippen LogP contribution in [-0.4, -0.2) is 60.1 Å². The van der Waals surface area contributed by atoms with E-state index in [0.717, 1.165) is 39.1 Å². The van der Waals surface area contributed by atoms with Crippen molar-refractivity contribution in [3.8, 4) is 0 Å². The largest absolute Gasteiger partial charge is 0.376 e. The molecule has 1 saturated carbocycles. The molecule has 4 heteroatoms. The second kappa shape index (κ2) is 6.88. The first-order chi connectivity index (χ1) is 10.5. The number of carbonyl (C=O) groups excluding carboxylic acids is 1. The first-order valence-corrected chi connectivity index (χ1v) is 9.19. The predicted octanol–water partition coefficient (Wildman–Crippen LogP) is 2.67. The molecule has 1 atom stereocenters. The van der Waals surface area contributed by atoms with Crippen LogP contribution in [0.1, 0.15) is 58.8 Å². The highest BCUT2D eigenvalue weighted by molar-refractivity contribution is 5.79. The van der Waals surface area contributed by atoms with Crippen molar-refractivity contribution in [3.63, 3.8) is 0 Å². The number of hydrogen-bond acceptors (Lipinski definition) is 3. The van der Waals surface area contributed by atoms with Crippen molar-refractivity contribution >= 4 is 5.91 Å². The van der Waals surface area contributed by atoms with Gasteiger partial charge in [0.15, 0.2) is 0 Å². The maximum atomic E-state index is 12.5. The number of hydrogen-bond donors (Lipinski definition) is 0. The third-order valence-corrected chi connectivity index (χ3v) is 5.67. The van der Waals surface area contributed by atoms with Gasteiger partial charge in [-0.15, -0.1) is 0 Å². The zero-order valence-electron chi connectivity index (χ0n) is 14.4. The van der Waals surface area contributed by atoms with E-state index in [-0.39, 0.29) is 5.60 Å². The normalized spacial score (nSPS) is 31.5. The summed E-state index contributed by atoms with van der Waals surface area (Å²) in [7, 11) is 0. The fraction of sp³-hybridized carbons (Fsp3) is 0.944.